The first kappa shape index (κ1) is 23.2. The minimum absolute atomic E-state index is 0.0493. The first-order valence-electron chi connectivity index (χ1n) is 10.9. The van der Waals surface area contributed by atoms with E-state index in [2.05, 4.69) is 39.9 Å². The molecular formula is C25H27N5OS2. The van der Waals surface area contributed by atoms with Gasteiger partial charge in [0.05, 0.1) is 11.4 Å². The molecule has 0 aliphatic rings. The molecule has 0 bridgehead atoms. The van der Waals surface area contributed by atoms with Crippen molar-refractivity contribution in [2.75, 3.05) is 4.90 Å². The molecule has 0 spiro atoms. The summed E-state index contributed by atoms with van der Waals surface area (Å²) in [7, 11) is 0. The SMILES string of the molecule is CCn1c(Cc2ccccc2)nnc1SCc1csc(N(C(C)=O)c2ccc(C)cc2C)n1. The third kappa shape index (κ3) is 5.34. The van der Waals surface area contributed by atoms with Crippen molar-refractivity contribution in [1.29, 1.82) is 0 Å². The van der Waals surface area contributed by atoms with Crippen molar-refractivity contribution in [2.24, 2.45) is 0 Å². The van der Waals surface area contributed by atoms with Crippen LogP contribution in [0, 0.1) is 13.8 Å². The number of carbonyl (C=O) groups is 1. The largest absolute Gasteiger partial charge is 0.306 e. The molecule has 0 N–H and O–H groups in total. The molecule has 8 heteroatoms. The Labute approximate surface area is 202 Å². The molecule has 1 amide bonds. The Morgan fingerprint density at radius 2 is 1.91 bits per heavy atom. The van der Waals surface area contributed by atoms with Gasteiger partial charge in [-0.15, -0.1) is 21.5 Å². The van der Waals surface area contributed by atoms with E-state index >= 15 is 0 Å². The molecule has 0 saturated heterocycles. The van der Waals surface area contributed by atoms with Gasteiger partial charge in [-0.1, -0.05) is 59.8 Å². The number of thiazole rings is 1. The lowest BCUT2D eigenvalue weighted by Crippen LogP contribution is -2.23. The third-order valence-electron chi connectivity index (χ3n) is 5.30. The number of rotatable bonds is 8. The second kappa shape index (κ2) is 10.3. The molecule has 6 nitrogen and oxygen atoms in total. The summed E-state index contributed by atoms with van der Waals surface area (Å²) in [5, 5.41) is 12.4. The quantitative estimate of drug-likeness (QED) is 0.294. The summed E-state index contributed by atoms with van der Waals surface area (Å²) in [4.78, 5) is 18.9. The summed E-state index contributed by atoms with van der Waals surface area (Å²) in [6.45, 7) is 8.57. The number of anilines is 2. The van der Waals surface area contributed by atoms with Crippen LogP contribution in [0.1, 0.15) is 42.1 Å². The highest BCUT2D eigenvalue weighted by molar-refractivity contribution is 7.98. The van der Waals surface area contributed by atoms with Gasteiger partial charge in [-0.3, -0.25) is 9.69 Å². The molecular weight excluding hydrogens is 450 g/mol. The van der Waals surface area contributed by atoms with Gasteiger partial charge in [-0.05, 0) is 38.0 Å². The number of hydrogen-bond acceptors (Lipinski definition) is 6. The van der Waals surface area contributed by atoms with Crippen LogP contribution in [-0.4, -0.2) is 25.7 Å². The average Bonchev–Trinajstić information content (AvgIpc) is 3.41. The Morgan fingerprint density at radius 1 is 1.12 bits per heavy atom. The lowest BCUT2D eigenvalue weighted by Gasteiger charge is -2.20. The van der Waals surface area contributed by atoms with E-state index in [1.165, 1.54) is 22.5 Å². The smallest absolute Gasteiger partial charge is 0.230 e. The molecule has 4 aromatic rings. The molecule has 4 rings (SSSR count). The lowest BCUT2D eigenvalue weighted by molar-refractivity contribution is -0.115. The van der Waals surface area contributed by atoms with Crippen molar-refractivity contribution in [3.63, 3.8) is 0 Å². The van der Waals surface area contributed by atoms with Crippen LogP contribution < -0.4 is 4.90 Å². The minimum Gasteiger partial charge on any atom is -0.306 e. The Morgan fingerprint density at radius 3 is 2.61 bits per heavy atom. The van der Waals surface area contributed by atoms with Crippen molar-refractivity contribution in [3.05, 3.63) is 82.1 Å². The summed E-state index contributed by atoms with van der Waals surface area (Å²) in [6, 6.07) is 16.4. The number of carbonyl (C=O) groups excluding carboxylic acids is 1. The number of nitrogens with zero attached hydrogens (tertiary/aromatic N) is 5. The maximum Gasteiger partial charge on any atom is 0.230 e. The molecule has 2 heterocycles. The minimum atomic E-state index is -0.0493. The molecule has 2 aromatic carbocycles. The summed E-state index contributed by atoms with van der Waals surface area (Å²) in [5.74, 6) is 1.58. The van der Waals surface area contributed by atoms with Crippen molar-refractivity contribution < 1.29 is 4.79 Å². The zero-order valence-corrected chi connectivity index (χ0v) is 20.9. The Bertz CT molecular complexity index is 1250. The van der Waals surface area contributed by atoms with E-state index in [0.717, 1.165) is 40.9 Å². The lowest BCUT2D eigenvalue weighted by atomic mass is 10.1. The van der Waals surface area contributed by atoms with Crippen LogP contribution >= 0.6 is 23.1 Å². The van der Waals surface area contributed by atoms with Crippen LogP contribution in [0.2, 0.25) is 0 Å². The molecule has 0 fully saturated rings. The fourth-order valence-electron chi connectivity index (χ4n) is 3.72. The van der Waals surface area contributed by atoms with Crippen molar-refractivity contribution in [3.8, 4) is 0 Å². The monoisotopic (exact) mass is 477 g/mol. The van der Waals surface area contributed by atoms with Crippen LogP contribution in [0.3, 0.4) is 0 Å². The molecule has 0 radical (unpaired) electrons. The van der Waals surface area contributed by atoms with Crippen LogP contribution in [0.4, 0.5) is 10.8 Å². The van der Waals surface area contributed by atoms with Crippen LogP contribution in [0.5, 0.6) is 0 Å². The van der Waals surface area contributed by atoms with Gasteiger partial charge in [-0.2, -0.15) is 0 Å². The predicted octanol–water partition coefficient (Wildman–Crippen LogP) is 5.94. The normalized spacial score (nSPS) is 11.0. The molecule has 0 saturated carbocycles. The van der Waals surface area contributed by atoms with E-state index in [1.54, 1.807) is 23.6 Å². The first-order chi connectivity index (χ1) is 16.0. The second-order valence-electron chi connectivity index (χ2n) is 7.86. The van der Waals surface area contributed by atoms with Gasteiger partial charge < -0.3 is 4.57 Å². The van der Waals surface area contributed by atoms with Gasteiger partial charge >= 0.3 is 0 Å². The highest BCUT2D eigenvalue weighted by atomic mass is 32.2. The molecule has 2 aromatic heterocycles. The maximum atomic E-state index is 12.5. The van der Waals surface area contributed by atoms with E-state index in [1.807, 2.05) is 49.6 Å². The van der Waals surface area contributed by atoms with Crippen molar-refractivity contribution >= 4 is 39.8 Å². The summed E-state index contributed by atoms with van der Waals surface area (Å²) >= 11 is 3.10. The summed E-state index contributed by atoms with van der Waals surface area (Å²) in [5.41, 5.74) is 5.24. The van der Waals surface area contributed by atoms with Crippen LogP contribution in [0.15, 0.2) is 59.1 Å². The van der Waals surface area contributed by atoms with Gasteiger partial charge in [0.2, 0.25) is 5.91 Å². The molecule has 170 valence electrons. The zero-order chi connectivity index (χ0) is 23.4. The average molecular weight is 478 g/mol. The van der Waals surface area contributed by atoms with Gasteiger partial charge in [-0.25, -0.2) is 4.98 Å². The predicted molar refractivity (Wildman–Crippen MR) is 135 cm³/mol. The number of amides is 1. The maximum absolute atomic E-state index is 12.5. The second-order valence-corrected chi connectivity index (χ2v) is 9.64. The number of hydrogen-bond donors (Lipinski definition) is 0. The zero-order valence-electron chi connectivity index (χ0n) is 19.3. The van der Waals surface area contributed by atoms with Gasteiger partial charge in [0.1, 0.15) is 5.82 Å². The van der Waals surface area contributed by atoms with E-state index in [-0.39, 0.29) is 5.91 Å². The number of thioether (sulfide) groups is 1. The Hall–Kier alpha value is -2.97. The van der Waals surface area contributed by atoms with Gasteiger partial charge in [0.15, 0.2) is 10.3 Å². The topological polar surface area (TPSA) is 63.9 Å². The van der Waals surface area contributed by atoms with Crippen LogP contribution in [-0.2, 0) is 23.5 Å². The first-order valence-corrected chi connectivity index (χ1v) is 12.7. The van der Waals surface area contributed by atoms with Gasteiger partial charge in [0, 0.05) is 31.0 Å². The molecule has 0 unspecified atom stereocenters. The van der Waals surface area contributed by atoms with Gasteiger partial charge in [0.25, 0.3) is 0 Å². The molecule has 0 atom stereocenters. The van der Waals surface area contributed by atoms with E-state index in [9.17, 15) is 4.79 Å². The summed E-state index contributed by atoms with van der Waals surface area (Å²) in [6.07, 6.45) is 0.757. The van der Waals surface area contributed by atoms with E-state index in [4.69, 9.17) is 4.98 Å². The number of aromatic nitrogens is 4. The highest BCUT2D eigenvalue weighted by Gasteiger charge is 2.20. The molecule has 33 heavy (non-hydrogen) atoms. The van der Waals surface area contributed by atoms with E-state index < -0.39 is 0 Å². The number of aryl methyl sites for hydroxylation is 2. The standard InChI is InChI=1S/C25H27N5OS2/c1-5-29-23(14-20-9-7-6-8-10-20)27-28-25(29)33-16-21-15-32-24(26-21)30(19(4)31)22-12-11-17(2)13-18(22)3/h6-13,15H,5,14,16H2,1-4H3. The van der Waals surface area contributed by atoms with Crippen molar-refractivity contribution in [2.45, 2.75) is 51.6 Å². The van der Waals surface area contributed by atoms with Crippen LogP contribution in [0.25, 0.3) is 0 Å². The number of benzene rings is 2. The van der Waals surface area contributed by atoms with Crippen molar-refractivity contribution in [1.82, 2.24) is 19.7 Å². The molecule has 0 aliphatic carbocycles. The Kier molecular flexibility index (Phi) is 7.25. The summed E-state index contributed by atoms with van der Waals surface area (Å²) < 4.78 is 2.16. The Balaban J connectivity index is 1.49. The fraction of sp³-hybridized carbons (Fsp3) is 0.280. The molecule has 0 aliphatic heterocycles. The highest BCUT2D eigenvalue weighted by Crippen LogP contribution is 2.33. The third-order valence-corrected chi connectivity index (χ3v) is 7.18. The fourth-order valence-corrected chi connectivity index (χ4v) is 5.62. The van der Waals surface area contributed by atoms with E-state index in [0.29, 0.717) is 10.9 Å².